The minimum absolute atomic E-state index is 0.373. The minimum Gasteiger partial charge on any atom is -0.588 e. The Labute approximate surface area is 75.7 Å². The Morgan fingerprint density at radius 2 is 2.17 bits per heavy atom. The van der Waals surface area contributed by atoms with Crippen LogP contribution in [0.25, 0.3) is 0 Å². The van der Waals surface area contributed by atoms with Crippen LogP contribution in [-0.2, 0) is 8.89 Å². The van der Waals surface area contributed by atoms with Crippen molar-refractivity contribution in [3.05, 3.63) is 0 Å². The molecule has 0 heterocycles. The molecule has 0 saturated heterocycles. The highest BCUT2D eigenvalue weighted by Gasteiger charge is 2.04. The summed E-state index contributed by atoms with van der Waals surface area (Å²) in [6.45, 7) is 4.56. The molecule has 0 bridgehead atoms. The van der Waals surface area contributed by atoms with E-state index in [1.807, 2.05) is 0 Å². The maximum atomic E-state index is 10.1. The Kier molecular flexibility index (Phi) is 7.04. The minimum atomic E-state index is -2.96. The van der Waals surface area contributed by atoms with Gasteiger partial charge in [-0.15, -0.1) is 0 Å². The highest BCUT2D eigenvalue weighted by Crippen LogP contribution is 2.12. The average molecular weight is 189 g/mol. The molecule has 0 N–H and O–H groups in total. The van der Waals surface area contributed by atoms with Crippen molar-refractivity contribution in [1.29, 1.82) is 0 Å². The standard InChI is InChI=1S/C8H17O3Si/c1-3-5-6-8(4-2)7-11-12(9)10/h8H,3-7H2,1-2H3/q-1. The second kappa shape index (κ2) is 7.28. The summed E-state index contributed by atoms with van der Waals surface area (Å²) in [5.74, 6) is 0.410. The van der Waals surface area contributed by atoms with Gasteiger partial charge in [0.15, 0.2) is 0 Å². The van der Waals surface area contributed by atoms with Crippen molar-refractivity contribution >= 4 is 9.17 Å². The summed E-state index contributed by atoms with van der Waals surface area (Å²) in [5.41, 5.74) is 0. The van der Waals surface area contributed by atoms with Gasteiger partial charge in [0.05, 0.1) is 0 Å². The highest BCUT2D eigenvalue weighted by atomic mass is 28.3. The Balaban J connectivity index is 3.45. The van der Waals surface area contributed by atoms with Crippen molar-refractivity contribution in [2.24, 2.45) is 5.92 Å². The quantitative estimate of drug-likeness (QED) is 0.561. The zero-order valence-corrected chi connectivity index (χ0v) is 8.84. The topological polar surface area (TPSA) is 49.4 Å². The molecule has 0 spiro atoms. The third-order valence-electron chi connectivity index (χ3n) is 1.98. The monoisotopic (exact) mass is 189 g/mol. The van der Waals surface area contributed by atoms with E-state index < -0.39 is 9.17 Å². The van der Waals surface area contributed by atoms with Crippen LogP contribution >= 0.6 is 0 Å². The van der Waals surface area contributed by atoms with E-state index in [-0.39, 0.29) is 0 Å². The Bertz CT molecular complexity index is 127. The van der Waals surface area contributed by atoms with Gasteiger partial charge in [-0.3, -0.25) is 0 Å². The molecule has 0 fully saturated rings. The van der Waals surface area contributed by atoms with Crippen LogP contribution in [0, 0.1) is 5.92 Å². The fourth-order valence-corrected chi connectivity index (χ4v) is 1.46. The molecule has 3 nitrogen and oxygen atoms in total. The van der Waals surface area contributed by atoms with Crippen LogP contribution in [0.3, 0.4) is 0 Å². The first kappa shape index (κ1) is 11.6. The molecular weight excluding hydrogens is 172 g/mol. The van der Waals surface area contributed by atoms with Crippen LogP contribution < -0.4 is 4.80 Å². The molecule has 12 heavy (non-hydrogen) atoms. The molecule has 0 rings (SSSR count). The summed E-state index contributed by atoms with van der Waals surface area (Å²) < 4.78 is 14.7. The van der Waals surface area contributed by atoms with Gasteiger partial charge in [-0.1, -0.05) is 33.1 Å². The zero-order chi connectivity index (χ0) is 9.40. The number of unbranched alkanes of at least 4 members (excludes halogenated alkanes) is 1. The zero-order valence-electron chi connectivity index (χ0n) is 7.84. The third-order valence-corrected chi connectivity index (χ3v) is 2.38. The lowest BCUT2D eigenvalue weighted by Crippen LogP contribution is -2.26. The van der Waals surface area contributed by atoms with Gasteiger partial charge in [-0.25, -0.2) is 0 Å². The summed E-state index contributed by atoms with van der Waals surface area (Å²) >= 11 is 0. The van der Waals surface area contributed by atoms with E-state index in [2.05, 4.69) is 18.3 Å². The maximum absolute atomic E-state index is 10.1. The lowest BCUT2D eigenvalue weighted by molar-refractivity contribution is -0.230. The van der Waals surface area contributed by atoms with Crippen LogP contribution in [0.4, 0.5) is 0 Å². The van der Waals surface area contributed by atoms with Crippen LogP contribution in [-0.4, -0.2) is 15.8 Å². The summed E-state index contributed by atoms with van der Waals surface area (Å²) in [7, 11) is -2.96. The van der Waals surface area contributed by atoms with E-state index in [1.165, 1.54) is 0 Å². The molecule has 0 aromatic heterocycles. The molecule has 4 heteroatoms. The molecular formula is C8H17O3Si-. The number of hydrogen-bond donors (Lipinski definition) is 0. The van der Waals surface area contributed by atoms with Gasteiger partial charge in [0.25, 0.3) is 0 Å². The largest absolute Gasteiger partial charge is 0.588 e. The van der Waals surface area contributed by atoms with Crippen LogP contribution in [0.2, 0.25) is 0 Å². The van der Waals surface area contributed by atoms with E-state index in [1.54, 1.807) is 0 Å². The predicted molar refractivity (Wildman–Crippen MR) is 45.7 cm³/mol. The van der Waals surface area contributed by atoms with E-state index in [9.17, 15) is 9.26 Å². The Morgan fingerprint density at radius 1 is 1.50 bits per heavy atom. The highest BCUT2D eigenvalue weighted by molar-refractivity contribution is 6.21. The van der Waals surface area contributed by atoms with E-state index >= 15 is 0 Å². The third kappa shape index (κ3) is 6.33. The van der Waals surface area contributed by atoms with Crippen molar-refractivity contribution < 1.29 is 13.7 Å². The van der Waals surface area contributed by atoms with Crippen molar-refractivity contribution in [3.8, 4) is 0 Å². The Hall–Kier alpha value is -0.383. The fraction of sp³-hybridized carbons (Fsp3) is 1.00. The first-order chi connectivity index (χ1) is 5.70. The molecule has 0 radical (unpaired) electrons. The molecule has 0 aliphatic carbocycles. The fourth-order valence-electron chi connectivity index (χ4n) is 1.08. The first-order valence-electron chi connectivity index (χ1n) is 4.54. The lowest BCUT2D eigenvalue weighted by Gasteiger charge is -2.17. The lowest BCUT2D eigenvalue weighted by atomic mass is 10.0. The van der Waals surface area contributed by atoms with Crippen molar-refractivity contribution in [2.45, 2.75) is 39.5 Å². The van der Waals surface area contributed by atoms with E-state index in [0.717, 1.165) is 25.7 Å². The van der Waals surface area contributed by atoms with Gasteiger partial charge in [-0.05, 0) is 12.3 Å². The van der Waals surface area contributed by atoms with Crippen molar-refractivity contribution in [2.75, 3.05) is 6.61 Å². The second-order valence-corrected chi connectivity index (χ2v) is 3.77. The number of hydrogen-bond acceptors (Lipinski definition) is 3. The first-order valence-corrected chi connectivity index (χ1v) is 5.76. The van der Waals surface area contributed by atoms with Crippen molar-refractivity contribution in [3.63, 3.8) is 0 Å². The van der Waals surface area contributed by atoms with Crippen molar-refractivity contribution in [1.82, 2.24) is 0 Å². The normalized spacial score (nSPS) is 12.5. The van der Waals surface area contributed by atoms with E-state index in [0.29, 0.717) is 12.5 Å². The second-order valence-electron chi connectivity index (χ2n) is 2.98. The Morgan fingerprint density at radius 3 is 2.58 bits per heavy atom. The molecule has 72 valence electrons. The van der Waals surface area contributed by atoms with Gasteiger partial charge in [-0.2, -0.15) is 0 Å². The molecule has 0 aromatic rings. The summed E-state index contributed by atoms with van der Waals surface area (Å²) in [5, 5.41) is 0. The summed E-state index contributed by atoms with van der Waals surface area (Å²) in [6, 6.07) is 0. The molecule has 0 aliphatic heterocycles. The van der Waals surface area contributed by atoms with Gasteiger partial charge in [0.2, 0.25) is 0 Å². The molecule has 0 saturated carbocycles. The van der Waals surface area contributed by atoms with Gasteiger partial charge >= 0.3 is 9.17 Å². The number of rotatable bonds is 7. The molecule has 0 aromatic carbocycles. The van der Waals surface area contributed by atoms with Crippen LogP contribution in [0.15, 0.2) is 0 Å². The molecule has 1 unspecified atom stereocenters. The summed E-state index contributed by atoms with van der Waals surface area (Å²) in [6.07, 6.45) is 4.38. The van der Waals surface area contributed by atoms with Gasteiger partial charge in [0, 0.05) is 6.61 Å². The molecule has 0 aliphatic rings. The van der Waals surface area contributed by atoms with Gasteiger partial charge in [0.1, 0.15) is 0 Å². The van der Waals surface area contributed by atoms with Crippen LogP contribution in [0.5, 0.6) is 0 Å². The van der Waals surface area contributed by atoms with Gasteiger partial charge < -0.3 is 13.7 Å². The predicted octanol–water partition coefficient (Wildman–Crippen LogP) is 0.995. The maximum Gasteiger partial charge on any atom is 0.413 e. The van der Waals surface area contributed by atoms with Crippen LogP contribution in [0.1, 0.15) is 39.5 Å². The SMILES string of the molecule is CCCCC(CC)CO[Si](=O)[O-]. The average Bonchev–Trinajstić information content (AvgIpc) is 2.05. The smallest absolute Gasteiger partial charge is 0.413 e. The molecule has 0 amide bonds. The summed E-state index contributed by atoms with van der Waals surface area (Å²) in [4.78, 5) is 10.1. The van der Waals surface area contributed by atoms with E-state index in [4.69, 9.17) is 0 Å². The molecule has 1 atom stereocenters.